The minimum atomic E-state index is -0.485. The molecule has 2 N–H and O–H groups in total. The summed E-state index contributed by atoms with van der Waals surface area (Å²) in [5.74, 6) is -0.591. The Morgan fingerprint density at radius 3 is 2.45 bits per heavy atom. The summed E-state index contributed by atoms with van der Waals surface area (Å²) in [6.45, 7) is 6.78. The SMILES string of the molecule is C[C@@H](CNC(=O)COC(=O)c1ccc(C[NH+]2CCOCC2)cc1)c1ccccc1. The summed E-state index contributed by atoms with van der Waals surface area (Å²) in [7, 11) is 0. The van der Waals surface area contributed by atoms with E-state index < -0.39 is 5.97 Å². The lowest BCUT2D eigenvalue weighted by molar-refractivity contribution is -0.921. The normalized spacial score (nSPS) is 15.5. The maximum absolute atomic E-state index is 12.2. The van der Waals surface area contributed by atoms with Crippen molar-refractivity contribution in [3.05, 3.63) is 71.3 Å². The van der Waals surface area contributed by atoms with Crippen molar-refractivity contribution in [1.82, 2.24) is 5.32 Å². The minimum absolute atomic E-state index is 0.192. The summed E-state index contributed by atoms with van der Waals surface area (Å²) >= 11 is 0. The first kappa shape index (κ1) is 21.0. The molecule has 1 heterocycles. The van der Waals surface area contributed by atoms with Crippen LogP contribution in [0.5, 0.6) is 0 Å². The van der Waals surface area contributed by atoms with Crippen molar-refractivity contribution < 1.29 is 24.0 Å². The Bertz CT molecular complexity index is 786. The number of rotatable bonds is 8. The number of benzene rings is 2. The standard InChI is InChI=1S/C23H28N2O4/c1-18(20-5-3-2-4-6-20)15-24-22(26)17-29-23(27)21-9-7-19(8-10-21)16-25-11-13-28-14-12-25/h2-10,18H,11-17H2,1H3,(H,24,26)/p+1/t18-/m0/s1. The van der Waals surface area contributed by atoms with Crippen LogP contribution in [0.3, 0.4) is 0 Å². The van der Waals surface area contributed by atoms with E-state index in [0.717, 1.165) is 38.4 Å². The molecule has 1 saturated heterocycles. The lowest BCUT2D eigenvalue weighted by atomic mass is 10.0. The van der Waals surface area contributed by atoms with Crippen molar-refractivity contribution in [1.29, 1.82) is 0 Å². The average molecular weight is 397 g/mol. The van der Waals surface area contributed by atoms with Crippen molar-refractivity contribution in [2.24, 2.45) is 0 Å². The number of nitrogens with one attached hydrogen (secondary N) is 2. The van der Waals surface area contributed by atoms with E-state index in [1.54, 1.807) is 12.1 Å². The van der Waals surface area contributed by atoms with E-state index in [2.05, 4.69) is 5.32 Å². The topological polar surface area (TPSA) is 69.1 Å². The maximum Gasteiger partial charge on any atom is 0.338 e. The Morgan fingerprint density at radius 1 is 1.07 bits per heavy atom. The van der Waals surface area contributed by atoms with Gasteiger partial charge in [-0.05, 0) is 23.6 Å². The summed E-state index contributed by atoms with van der Waals surface area (Å²) in [6, 6.07) is 17.4. The van der Waals surface area contributed by atoms with Crippen LogP contribution in [-0.4, -0.2) is 51.3 Å². The van der Waals surface area contributed by atoms with E-state index in [4.69, 9.17) is 9.47 Å². The summed E-state index contributed by atoms with van der Waals surface area (Å²) in [6.07, 6.45) is 0. The second-order valence-corrected chi connectivity index (χ2v) is 7.43. The number of hydrogen-bond donors (Lipinski definition) is 2. The molecule has 3 rings (SSSR count). The Morgan fingerprint density at radius 2 is 1.76 bits per heavy atom. The van der Waals surface area contributed by atoms with Gasteiger partial charge < -0.3 is 19.7 Å². The third kappa shape index (κ3) is 6.69. The summed E-state index contributed by atoms with van der Waals surface area (Å²) in [4.78, 5) is 25.7. The highest BCUT2D eigenvalue weighted by atomic mass is 16.5. The number of carbonyl (C=O) groups excluding carboxylic acids is 2. The molecular weight excluding hydrogens is 368 g/mol. The molecule has 2 aromatic carbocycles. The van der Waals surface area contributed by atoms with Crippen LogP contribution in [0.15, 0.2) is 54.6 Å². The summed E-state index contributed by atoms with van der Waals surface area (Å²) in [5, 5.41) is 2.81. The molecule has 6 nitrogen and oxygen atoms in total. The number of quaternary nitrogens is 1. The van der Waals surface area contributed by atoms with Crippen LogP contribution in [0.25, 0.3) is 0 Å². The van der Waals surface area contributed by atoms with E-state index >= 15 is 0 Å². The van der Waals surface area contributed by atoms with Crippen LogP contribution in [0.4, 0.5) is 0 Å². The van der Waals surface area contributed by atoms with Crippen molar-refractivity contribution in [2.75, 3.05) is 39.5 Å². The molecule has 154 valence electrons. The van der Waals surface area contributed by atoms with Crippen molar-refractivity contribution in [3.8, 4) is 0 Å². The monoisotopic (exact) mass is 397 g/mol. The second kappa shape index (κ2) is 10.7. The van der Waals surface area contributed by atoms with Gasteiger partial charge in [0.1, 0.15) is 19.6 Å². The zero-order chi connectivity index (χ0) is 20.5. The predicted molar refractivity (Wildman–Crippen MR) is 110 cm³/mol. The molecule has 0 spiro atoms. The number of morpholine rings is 1. The lowest BCUT2D eigenvalue weighted by Gasteiger charge is -2.23. The molecule has 0 radical (unpaired) electrons. The van der Waals surface area contributed by atoms with Crippen molar-refractivity contribution >= 4 is 11.9 Å². The smallest absolute Gasteiger partial charge is 0.338 e. The molecular formula is C23H29N2O4+. The van der Waals surface area contributed by atoms with Crippen molar-refractivity contribution in [2.45, 2.75) is 19.4 Å². The minimum Gasteiger partial charge on any atom is -0.452 e. The van der Waals surface area contributed by atoms with Crippen LogP contribution in [0, 0.1) is 0 Å². The van der Waals surface area contributed by atoms with E-state index in [9.17, 15) is 9.59 Å². The van der Waals surface area contributed by atoms with Gasteiger partial charge in [0.25, 0.3) is 5.91 Å². The largest absolute Gasteiger partial charge is 0.452 e. The van der Waals surface area contributed by atoms with E-state index in [-0.39, 0.29) is 18.4 Å². The number of hydrogen-bond acceptors (Lipinski definition) is 4. The first-order chi connectivity index (χ1) is 14.1. The van der Waals surface area contributed by atoms with Crippen LogP contribution < -0.4 is 10.2 Å². The molecule has 0 bridgehead atoms. The van der Waals surface area contributed by atoms with Gasteiger partial charge in [-0.25, -0.2) is 4.79 Å². The third-order valence-electron chi connectivity index (χ3n) is 5.15. The van der Waals surface area contributed by atoms with Gasteiger partial charge in [-0.15, -0.1) is 0 Å². The van der Waals surface area contributed by atoms with Gasteiger partial charge in [0.05, 0.1) is 18.8 Å². The number of amides is 1. The Labute approximate surface area is 171 Å². The lowest BCUT2D eigenvalue weighted by Crippen LogP contribution is -3.12. The molecule has 1 fully saturated rings. The van der Waals surface area contributed by atoms with Crippen LogP contribution >= 0.6 is 0 Å². The molecule has 1 amide bonds. The highest BCUT2D eigenvalue weighted by Gasteiger charge is 2.15. The molecule has 0 saturated carbocycles. The number of carbonyl (C=O) groups is 2. The van der Waals surface area contributed by atoms with Gasteiger partial charge >= 0.3 is 5.97 Å². The highest BCUT2D eigenvalue weighted by molar-refractivity contribution is 5.91. The maximum atomic E-state index is 12.2. The summed E-state index contributed by atoms with van der Waals surface area (Å²) in [5.41, 5.74) is 2.78. The highest BCUT2D eigenvalue weighted by Crippen LogP contribution is 2.13. The van der Waals surface area contributed by atoms with Gasteiger partial charge in [0.2, 0.25) is 0 Å². The van der Waals surface area contributed by atoms with E-state index in [0.29, 0.717) is 12.1 Å². The molecule has 0 unspecified atom stereocenters. The third-order valence-corrected chi connectivity index (χ3v) is 5.15. The molecule has 29 heavy (non-hydrogen) atoms. The van der Waals surface area contributed by atoms with E-state index in [1.165, 1.54) is 10.5 Å². The Hall–Kier alpha value is -2.70. The molecule has 6 heteroatoms. The molecule has 0 aromatic heterocycles. The fourth-order valence-electron chi connectivity index (χ4n) is 3.32. The average Bonchev–Trinajstić information content (AvgIpc) is 2.77. The second-order valence-electron chi connectivity index (χ2n) is 7.43. The summed E-state index contributed by atoms with van der Waals surface area (Å²) < 4.78 is 10.5. The Balaban J connectivity index is 1.39. The molecule has 2 aromatic rings. The van der Waals surface area contributed by atoms with Crippen LogP contribution in [-0.2, 0) is 20.8 Å². The van der Waals surface area contributed by atoms with Gasteiger partial charge in [-0.3, -0.25) is 4.79 Å². The number of ether oxygens (including phenoxy) is 2. The zero-order valence-corrected chi connectivity index (χ0v) is 16.9. The molecule has 1 aliphatic heterocycles. The van der Waals surface area contributed by atoms with Crippen LogP contribution in [0.2, 0.25) is 0 Å². The first-order valence-electron chi connectivity index (χ1n) is 10.1. The first-order valence-corrected chi connectivity index (χ1v) is 10.1. The molecule has 1 aliphatic rings. The molecule has 0 aliphatic carbocycles. The Kier molecular flexibility index (Phi) is 7.78. The van der Waals surface area contributed by atoms with Gasteiger partial charge in [0, 0.05) is 12.1 Å². The van der Waals surface area contributed by atoms with E-state index in [1.807, 2.05) is 49.4 Å². The number of esters is 1. The van der Waals surface area contributed by atoms with Crippen LogP contribution in [0.1, 0.15) is 34.3 Å². The van der Waals surface area contributed by atoms with Crippen molar-refractivity contribution in [3.63, 3.8) is 0 Å². The van der Waals surface area contributed by atoms with Gasteiger partial charge in [0.15, 0.2) is 6.61 Å². The van der Waals surface area contributed by atoms with Gasteiger partial charge in [-0.2, -0.15) is 0 Å². The molecule has 1 atom stereocenters. The fourth-order valence-corrected chi connectivity index (χ4v) is 3.32. The van der Waals surface area contributed by atoms with Gasteiger partial charge in [-0.1, -0.05) is 49.4 Å². The predicted octanol–water partition coefficient (Wildman–Crippen LogP) is 1.18. The zero-order valence-electron chi connectivity index (χ0n) is 16.9. The fraction of sp³-hybridized carbons (Fsp3) is 0.391. The quantitative estimate of drug-likeness (QED) is 0.657.